The summed E-state index contributed by atoms with van der Waals surface area (Å²) >= 11 is 0. The number of pyridine rings is 1. The molecule has 11 heteroatoms. The number of carbonyl (C=O) groups excluding carboxylic acids is 2. The van der Waals surface area contributed by atoms with Crippen molar-refractivity contribution in [3.05, 3.63) is 53.9 Å². The van der Waals surface area contributed by atoms with Crippen LogP contribution >= 0.6 is 0 Å². The molecule has 0 unspecified atom stereocenters. The standard InChI is InChI=1S/C29H36FN7O3/c1-17(2)37(28(39)40-29(4,5)6)20-10-11-35(15-20)24-9-8-21(25-22(24)16-34(7)33-25)27(38)32-19-12-23(30)26-31-18(3)13-36(26)14-19/h8-9,12-14,16-17,20H,10-11,15H2,1-7H3,(H,32,38)/t20-/m1/s1. The van der Waals surface area contributed by atoms with E-state index in [0.717, 1.165) is 24.0 Å². The monoisotopic (exact) mass is 549 g/mol. The number of benzene rings is 1. The molecule has 1 aromatic carbocycles. The fraction of sp³-hybridized carbons (Fsp3) is 0.448. The molecule has 2 amide bonds. The quantitative estimate of drug-likeness (QED) is 0.370. The summed E-state index contributed by atoms with van der Waals surface area (Å²) in [5.41, 5.74) is 2.51. The molecular formula is C29H36FN7O3. The molecule has 1 atom stereocenters. The van der Waals surface area contributed by atoms with Gasteiger partial charge in [0.15, 0.2) is 11.5 Å². The number of imidazole rings is 1. The Labute approximate surface area is 232 Å². The van der Waals surface area contributed by atoms with Gasteiger partial charge in [0.05, 0.1) is 23.0 Å². The van der Waals surface area contributed by atoms with Gasteiger partial charge in [-0.3, -0.25) is 9.48 Å². The van der Waals surface area contributed by atoms with Crippen LogP contribution in [0.25, 0.3) is 16.6 Å². The maximum atomic E-state index is 14.6. The molecule has 1 saturated heterocycles. The maximum absolute atomic E-state index is 14.6. The van der Waals surface area contributed by atoms with Gasteiger partial charge in [0.2, 0.25) is 0 Å². The van der Waals surface area contributed by atoms with E-state index >= 15 is 0 Å². The molecule has 0 bridgehead atoms. The lowest BCUT2D eigenvalue weighted by atomic mass is 10.1. The van der Waals surface area contributed by atoms with Crippen molar-refractivity contribution in [2.24, 2.45) is 7.05 Å². The lowest BCUT2D eigenvalue weighted by Gasteiger charge is -2.34. The van der Waals surface area contributed by atoms with Crippen molar-refractivity contribution in [3.63, 3.8) is 0 Å². The zero-order valence-corrected chi connectivity index (χ0v) is 24.0. The molecule has 1 N–H and O–H groups in total. The van der Waals surface area contributed by atoms with Crippen LogP contribution in [0.4, 0.5) is 20.6 Å². The fourth-order valence-corrected chi connectivity index (χ4v) is 5.39. The molecule has 1 aliphatic heterocycles. The Morgan fingerprint density at radius 1 is 1.20 bits per heavy atom. The minimum atomic E-state index is -0.573. The van der Waals surface area contributed by atoms with Crippen LogP contribution in [0.3, 0.4) is 0 Å². The highest BCUT2D eigenvalue weighted by Crippen LogP contribution is 2.33. The number of aryl methyl sites for hydroxylation is 2. The number of hydrogen-bond donors (Lipinski definition) is 1. The van der Waals surface area contributed by atoms with Crippen molar-refractivity contribution in [2.45, 2.75) is 65.6 Å². The summed E-state index contributed by atoms with van der Waals surface area (Å²) in [4.78, 5) is 34.6. The third-order valence-corrected chi connectivity index (χ3v) is 6.96. The highest BCUT2D eigenvalue weighted by Gasteiger charge is 2.35. The second kappa shape index (κ2) is 10.1. The van der Waals surface area contributed by atoms with Crippen molar-refractivity contribution in [3.8, 4) is 0 Å². The second-order valence-corrected chi connectivity index (χ2v) is 11.7. The Balaban J connectivity index is 1.40. The van der Waals surface area contributed by atoms with E-state index in [1.54, 1.807) is 34.5 Å². The average Bonchev–Trinajstić information content (AvgIpc) is 3.54. The molecule has 10 nitrogen and oxygen atoms in total. The van der Waals surface area contributed by atoms with Crippen molar-refractivity contribution in [1.29, 1.82) is 0 Å². The van der Waals surface area contributed by atoms with E-state index in [2.05, 4.69) is 20.3 Å². The molecule has 1 fully saturated rings. The molecule has 3 aromatic heterocycles. The second-order valence-electron chi connectivity index (χ2n) is 11.7. The zero-order valence-electron chi connectivity index (χ0n) is 24.0. The largest absolute Gasteiger partial charge is 0.444 e. The molecule has 0 aliphatic carbocycles. The molecule has 0 radical (unpaired) electrons. The molecule has 1 aliphatic rings. The normalized spacial score (nSPS) is 15.8. The van der Waals surface area contributed by atoms with Crippen molar-refractivity contribution in [1.82, 2.24) is 24.1 Å². The Hall–Kier alpha value is -4.15. The Kier molecular flexibility index (Phi) is 6.93. The number of hydrogen-bond acceptors (Lipinski definition) is 6. The van der Waals surface area contributed by atoms with E-state index in [9.17, 15) is 14.0 Å². The van der Waals surface area contributed by atoms with Crippen LogP contribution in [-0.2, 0) is 11.8 Å². The van der Waals surface area contributed by atoms with Gasteiger partial charge in [-0.1, -0.05) is 0 Å². The van der Waals surface area contributed by atoms with Gasteiger partial charge in [-0.15, -0.1) is 0 Å². The molecule has 5 rings (SSSR count). The first-order valence-electron chi connectivity index (χ1n) is 13.5. The van der Waals surface area contributed by atoms with Gasteiger partial charge in [0.25, 0.3) is 5.91 Å². The first-order valence-corrected chi connectivity index (χ1v) is 13.5. The minimum absolute atomic E-state index is 0.0128. The number of anilines is 2. The third-order valence-electron chi connectivity index (χ3n) is 6.96. The number of aromatic nitrogens is 4. The molecule has 4 aromatic rings. The average molecular weight is 550 g/mol. The molecule has 212 valence electrons. The predicted molar refractivity (Wildman–Crippen MR) is 152 cm³/mol. The summed E-state index contributed by atoms with van der Waals surface area (Å²) in [6.45, 7) is 12.8. The molecular weight excluding hydrogens is 513 g/mol. The number of rotatable bonds is 5. The van der Waals surface area contributed by atoms with E-state index in [0.29, 0.717) is 29.0 Å². The Morgan fingerprint density at radius 2 is 1.95 bits per heavy atom. The first kappa shape index (κ1) is 27.4. The number of amides is 2. The smallest absolute Gasteiger partial charge is 0.410 e. The highest BCUT2D eigenvalue weighted by atomic mass is 19.1. The van der Waals surface area contributed by atoms with Gasteiger partial charge in [-0.2, -0.15) is 5.10 Å². The van der Waals surface area contributed by atoms with Crippen molar-refractivity contribution in [2.75, 3.05) is 23.3 Å². The van der Waals surface area contributed by atoms with Crippen LogP contribution < -0.4 is 10.2 Å². The van der Waals surface area contributed by atoms with Gasteiger partial charge >= 0.3 is 6.09 Å². The number of nitrogens with zero attached hydrogens (tertiary/aromatic N) is 6. The predicted octanol–water partition coefficient (Wildman–Crippen LogP) is 5.15. The van der Waals surface area contributed by atoms with Gasteiger partial charge in [-0.25, -0.2) is 14.2 Å². The third kappa shape index (κ3) is 5.32. The van der Waals surface area contributed by atoms with E-state index in [1.165, 1.54) is 6.07 Å². The summed E-state index contributed by atoms with van der Waals surface area (Å²) in [6.07, 6.45) is 5.71. The van der Waals surface area contributed by atoms with Crippen molar-refractivity contribution >= 4 is 39.9 Å². The summed E-state index contributed by atoms with van der Waals surface area (Å²) in [6, 6.07) is 4.90. The first-order chi connectivity index (χ1) is 18.8. The van der Waals surface area contributed by atoms with Crippen LogP contribution in [0.5, 0.6) is 0 Å². The lowest BCUT2D eigenvalue weighted by Crippen LogP contribution is -2.48. The van der Waals surface area contributed by atoms with Gasteiger partial charge < -0.3 is 24.3 Å². The van der Waals surface area contributed by atoms with Crippen LogP contribution in [0.1, 0.15) is 57.1 Å². The number of halogens is 1. The fourth-order valence-electron chi connectivity index (χ4n) is 5.39. The van der Waals surface area contributed by atoms with Crippen LogP contribution in [0.15, 0.2) is 36.8 Å². The van der Waals surface area contributed by atoms with Crippen LogP contribution in [0.2, 0.25) is 0 Å². The summed E-state index contributed by atoms with van der Waals surface area (Å²) < 4.78 is 23.5. The Bertz CT molecular complexity index is 1600. The van der Waals surface area contributed by atoms with Gasteiger partial charge in [0, 0.05) is 61.9 Å². The maximum Gasteiger partial charge on any atom is 0.410 e. The number of carbonyl (C=O) groups is 2. The van der Waals surface area contributed by atoms with Gasteiger partial charge in [0.1, 0.15) is 11.1 Å². The minimum Gasteiger partial charge on any atom is -0.444 e. The summed E-state index contributed by atoms with van der Waals surface area (Å²) in [7, 11) is 1.81. The summed E-state index contributed by atoms with van der Waals surface area (Å²) in [5, 5.41) is 8.22. The highest BCUT2D eigenvalue weighted by molar-refractivity contribution is 6.14. The van der Waals surface area contributed by atoms with Crippen LogP contribution in [0, 0.1) is 12.7 Å². The van der Waals surface area contributed by atoms with E-state index in [-0.39, 0.29) is 29.7 Å². The molecule has 40 heavy (non-hydrogen) atoms. The van der Waals surface area contributed by atoms with E-state index in [4.69, 9.17) is 4.74 Å². The molecule has 0 saturated carbocycles. The zero-order chi connectivity index (χ0) is 28.9. The molecule has 0 spiro atoms. The Morgan fingerprint density at radius 3 is 2.65 bits per heavy atom. The van der Waals surface area contributed by atoms with Crippen LogP contribution in [-0.4, -0.2) is 66.8 Å². The number of fused-ring (bicyclic) bond motifs is 2. The SMILES string of the molecule is Cc1cn2cc(NC(=O)c3ccc(N4CC[C@@H](N(C(=O)OC(C)(C)C)C(C)C)C4)c4cn(C)nc34)cc(F)c2n1. The summed E-state index contributed by atoms with van der Waals surface area (Å²) in [5.74, 6) is -0.907. The molecule has 4 heterocycles. The van der Waals surface area contributed by atoms with E-state index < -0.39 is 11.4 Å². The van der Waals surface area contributed by atoms with Gasteiger partial charge in [-0.05, 0) is 60.1 Å². The topological polar surface area (TPSA) is 97.0 Å². The number of nitrogens with one attached hydrogen (secondary N) is 1. The van der Waals surface area contributed by atoms with Crippen molar-refractivity contribution < 1.29 is 18.7 Å². The lowest BCUT2D eigenvalue weighted by molar-refractivity contribution is 0.0107. The number of ether oxygens (including phenoxy) is 1. The van der Waals surface area contributed by atoms with E-state index in [1.807, 2.05) is 58.8 Å².